The van der Waals surface area contributed by atoms with Crippen LogP contribution in [0.4, 0.5) is 0 Å². The Morgan fingerprint density at radius 2 is 2.40 bits per heavy atom. The second-order valence-corrected chi connectivity index (χ2v) is 1.85. The Morgan fingerprint density at radius 3 is 2.80 bits per heavy atom. The molecule has 3 heteroatoms. The van der Waals surface area contributed by atoms with Gasteiger partial charge in [0, 0.05) is 6.20 Å². The third-order valence-electron chi connectivity index (χ3n) is 1.04. The summed E-state index contributed by atoms with van der Waals surface area (Å²) in [4.78, 5) is 13.9. The fourth-order valence-electron chi connectivity index (χ4n) is 0.591. The molecule has 0 saturated heterocycles. The Kier molecular flexibility index (Phi) is 1.67. The molecule has 0 aliphatic carbocycles. The topological polar surface area (TPSA) is 50.2 Å². The lowest BCUT2D eigenvalue weighted by Crippen LogP contribution is -1.99. The third kappa shape index (κ3) is 1.31. The van der Waals surface area contributed by atoms with Crippen molar-refractivity contribution in [3.05, 3.63) is 36.5 Å². The average Bonchev–Trinajstić information content (AvgIpc) is 1.88. The monoisotopic (exact) mass is 136 g/mol. The van der Waals surface area contributed by atoms with Gasteiger partial charge in [-0.2, -0.15) is 0 Å². The van der Waals surface area contributed by atoms with Crippen LogP contribution in [0.15, 0.2) is 18.3 Å². The molecule has 0 saturated carbocycles. The van der Waals surface area contributed by atoms with Crippen LogP contribution in [0.5, 0.6) is 0 Å². The Balaban J connectivity index is 3.07. The maximum atomic E-state index is 10.3. The van der Waals surface area contributed by atoms with Gasteiger partial charge in [0.05, 0.1) is 0 Å². The van der Waals surface area contributed by atoms with Gasteiger partial charge in [-0.05, 0) is 24.6 Å². The van der Waals surface area contributed by atoms with Gasteiger partial charge >= 0.3 is 5.97 Å². The molecule has 0 atom stereocenters. The van der Waals surface area contributed by atoms with Crippen LogP contribution in [0, 0.1) is 6.92 Å². The zero-order chi connectivity index (χ0) is 7.56. The van der Waals surface area contributed by atoms with Crippen LogP contribution in [-0.2, 0) is 0 Å². The minimum absolute atomic E-state index is 0.0347. The first kappa shape index (κ1) is 6.74. The summed E-state index contributed by atoms with van der Waals surface area (Å²) in [6, 6.07) is 3.06. The largest absolute Gasteiger partial charge is 0.477 e. The van der Waals surface area contributed by atoms with E-state index in [1.54, 1.807) is 6.07 Å². The molecule has 1 aromatic rings. The number of aromatic nitrogens is 1. The van der Waals surface area contributed by atoms with E-state index in [1.165, 1.54) is 12.3 Å². The third-order valence-corrected chi connectivity index (χ3v) is 1.04. The number of aromatic carboxylic acids is 1. The van der Waals surface area contributed by atoms with Crippen LogP contribution in [0.3, 0.4) is 0 Å². The molecule has 0 bridgehead atoms. The molecule has 0 aliphatic heterocycles. The van der Waals surface area contributed by atoms with E-state index < -0.39 is 5.97 Å². The summed E-state index contributed by atoms with van der Waals surface area (Å²) >= 11 is 0. The summed E-state index contributed by atoms with van der Waals surface area (Å²) in [7, 11) is 0. The molecule has 0 amide bonds. The van der Waals surface area contributed by atoms with E-state index in [4.69, 9.17) is 5.11 Å². The van der Waals surface area contributed by atoms with E-state index in [1.807, 2.05) is 0 Å². The number of hydrogen-bond donors (Lipinski definition) is 1. The molecular weight excluding hydrogens is 130 g/mol. The Hall–Kier alpha value is -1.38. The fraction of sp³-hybridized carbons (Fsp3) is 0. The zero-order valence-electron chi connectivity index (χ0n) is 5.24. The predicted molar refractivity (Wildman–Crippen MR) is 35.7 cm³/mol. The molecule has 1 aromatic heterocycles. The van der Waals surface area contributed by atoms with Gasteiger partial charge in [-0.25, -0.2) is 9.78 Å². The molecule has 1 rings (SSSR count). The summed E-state index contributed by atoms with van der Waals surface area (Å²) in [5.74, 6) is -1.02. The second kappa shape index (κ2) is 2.47. The highest BCUT2D eigenvalue weighted by Crippen LogP contribution is 1.98. The van der Waals surface area contributed by atoms with Gasteiger partial charge in [0.15, 0.2) is 0 Å². The number of hydrogen-bond acceptors (Lipinski definition) is 2. The van der Waals surface area contributed by atoms with Gasteiger partial charge in [0.25, 0.3) is 0 Å². The van der Waals surface area contributed by atoms with E-state index >= 15 is 0 Å². The molecule has 1 N–H and O–H groups in total. The molecule has 0 aliphatic rings. The molecule has 0 aromatic carbocycles. The van der Waals surface area contributed by atoms with Crippen LogP contribution in [-0.4, -0.2) is 16.1 Å². The molecule has 51 valence electrons. The van der Waals surface area contributed by atoms with Gasteiger partial charge in [-0.15, -0.1) is 0 Å². The molecule has 10 heavy (non-hydrogen) atoms. The molecule has 1 radical (unpaired) electrons. The van der Waals surface area contributed by atoms with Crippen LogP contribution in [0.25, 0.3) is 0 Å². The van der Waals surface area contributed by atoms with E-state index in [0.717, 1.165) is 0 Å². The first-order valence-corrected chi connectivity index (χ1v) is 2.71. The minimum Gasteiger partial charge on any atom is -0.477 e. The lowest BCUT2D eigenvalue weighted by molar-refractivity contribution is 0.0690. The van der Waals surface area contributed by atoms with Gasteiger partial charge in [0.1, 0.15) is 5.69 Å². The zero-order valence-corrected chi connectivity index (χ0v) is 5.24. The van der Waals surface area contributed by atoms with Gasteiger partial charge < -0.3 is 5.11 Å². The van der Waals surface area contributed by atoms with Crippen molar-refractivity contribution in [2.24, 2.45) is 0 Å². The summed E-state index contributed by atoms with van der Waals surface area (Å²) in [6.07, 6.45) is 1.42. The standard InChI is InChI=1S/C7H6NO2/c1-5-2-3-8-6(4-5)7(9)10/h2-4H,1H2,(H,9,10). The van der Waals surface area contributed by atoms with Crippen molar-refractivity contribution >= 4 is 5.97 Å². The smallest absolute Gasteiger partial charge is 0.354 e. The number of rotatable bonds is 1. The lowest BCUT2D eigenvalue weighted by Gasteiger charge is -1.92. The maximum absolute atomic E-state index is 10.3. The summed E-state index contributed by atoms with van der Waals surface area (Å²) in [5, 5.41) is 8.42. The van der Waals surface area contributed by atoms with Crippen molar-refractivity contribution < 1.29 is 9.90 Å². The fourth-order valence-corrected chi connectivity index (χ4v) is 0.591. The lowest BCUT2D eigenvalue weighted by atomic mass is 10.2. The first-order chi connectivity index (χ1) is 4.70. The number of carbonyl (C=O) groups is 1. The molecule has 0 spiro atoms. The Labute approximate surface area is 58.3 Å². The minimum atomic E-state index is -1.02. The van der Waals surface area contributed by atoms with Crippen LogP contribution in [0.2, 0.25) is 0 Å². The second-order valence-electron chi connectivity index (χ2n) is 1.85. The maximum Gasteiger partial charge on any atom is 0.354 e. The first-order valence-electron chi connectivity index (χ1n) is 2.71. The molecule has 0 fully saturated rings. The van der Waals surface area contributed by atoms with Gasteiger partial charge in [-0.3, -0.25) is 0 Å². The highest BCUT2D eigenvalue weighted by atomic mass is 16.4. The predicted octanol–water partition coefficient (Wildman–Crippen LogP) is 0.962. The summed E-state index contributed by atoms with van der Waals surface area (Å²) in [6.45, 7) is 3.56. The van der Waals surface area contributed by atoms with Crippen molar-refractivity contribution in [1.29, 1.82) is 0 Å². The number of carboxylic acids is 1. The normalized spacial score (nSPS) is 9.30. The molecule has 1 heterocycles. The summed E-state index contributed by atoms with van der Waals surface area (Å²) in [5.41, 5.74) is 0.694. The van der Waals surface area contributed by atoms with Crippen LogP contribution < -0.4 is 0 Å². The average molecular weight is 136 g/mol. The summed E-state index contributed by atoms with van der Waals surface area (Å²) < 4.78 is 0. The van der Waals surface area contributed by atoms with E-state index in [9.17, 15) is 4.79 Å². The number of carboxylic acid groups (broad SMARTS) is 1. The Morgan fingerprint density at radius 1 is 1.70 bits per heavy atom. The van der Waals surface area contributed by atoms with Gasteiger partial charge in [0.2, 0.25) is 0 Å². The van der Waals surface area contributed by atoms with E-state index in [2.05, 4.69) is 11.9 Å². The highest BCUT2D eigenvalue weighted by molar-refractivity contribution is 5.85. The van der Waals surface area contributed by atoms with Crippen molar-refractivity contribution in [3.8, 4) is 0 Å². The van der Waals surface area contributed by atoms with Crippen LogP contribution >= 0.6 is 0 Å². The number of nitrogens with zero attached hydrogens (tertiary/aromatic N) is 1. The van der Waals surface area contributed by atoms with E-state index in [-0.39, 0.29) is 5.69 Å². The van der Waals surface area contributed by atoms with Crippen molar-refractivity contribution in [1.82, 2.24) is 4.98 Å². The molecule has 3 nitrogen and oxygen atoms in total. The van der Waals surface area contributed by atoms with Gasteiger partial charge in [-0.1, -0.05) is 0 Å². The number of pyridine rings is 1. The Bertz CT molecular complexity index is 258. The molecule has 0 unspecified atom stereocenters. The highest BCUT2D eigenvalue weighted by Gasteiger charge is 2.01. The van der Waals surface area contributed by atoms with Crippen LogP contribution in [0.1, 0.15) is 16.1 Å². The SMILES string of the molecule is [CH2]c1ccnc(C(=O)O)c1. The van der Waals surface area contributed by atoms with E-state index in [0.29, 0.717) is 5.56 Å². The quantitative estimate of drug-likeness (QED) is 0.625. The molecular formula is C7H6NO2. The van der Waals surface area contributed by atoms with Crippen molar-refractivity contribution in [2.45, 2.75) is 0 Å². The van der Waals surface area contributed by atoms with Crippen molar-refractivity contribution in [2.75, 3.05) is 0 Å². The van der Waals surface area contributed by atoms with Crippen molar-refractivity contribution in [3.63, 3.8) is 0 Å².